The molecule has 8 nitrogen and oxygen atoms in total. The van der Waals surface area contributed by atoms with E-state index in [0.717, 1.165) is 32.1 Å². The summed E-state index contributed by atoms with van der Waals surface area (Å²) in [6.07, 6.45) is 76.5. The minimum Gasteiger partial charge on any atom is -0.387 e. The van der Waals surface area contributed by atoms with E-state index in [1.807, 2.05) is 27.2 Å². The second-order valence-corrected chi connectivity index (χ2v) is 26.7. The van der Waals surface area contributed by atoms with Crippen molar-refractivity contribution in [1.82, 2.24) is 5.32 Å². The first-order valence-corrected chi connectivity index (χ1v) is 36.1. The number of nitrogens with zero attached hydrogens (tertiary/aromatic N) is 1. The van der Waals surface area contributed by atoms with Crippen molar-refractivity contribution in [1.29, 1.82) is 0 Å². The molecule has 0 heterocycles. The SMILES string of the molecule is CCCCCCCCCCCCCCCCCCC/C=C/C(O)C(COP(=O)(O)OCC[N+](C)(C)C)NC(=O)CCCCCCCCCCCCCCCCCCCCCCCCCCCCCCCCCCCCCC. The van der Waals surface area contributed by atoms with E-state index in [9.17, 15) is 19.4 Å². The van der Waals surface area contributed by atoms with Gasteiger partial charge in [-0.15, -0.1) is 0 Å². The predicted octanol–water partition coefficient (Wildman–Crippen LogP) is 21.7. The molecule has 0 saturated carbocycles. The summed E-state index contributed by atoms with van der Waals surface area (Å²) in [7, 11) is 1.59. The molecular weight excluding hydrogens is 972 g/mol. The van der Waals surface area contributed by atoms with E-state index >= 15 is 0 Å². The zero-order valence-electron chi connectivity index (χ0n) is 52.7. The van der Waals surface area contributed by atoms with Crippen molar-refractivity contribution in [3.05, 3.63) is 12.2 Å². The molecule has 3 atom stereocenters. The fraction of sp³-hybridized carbons (Fsp3) is 0.956. The lowest BCUT2D eigenvalue weighted by Gasteiger charge is -2.25. The van der Waals surface area contributed by atoms with E-state index in [-0.39, 0.29) is 19.1 Å². The highest BCUT2D eigenvalue weighted by Gasteiger charge is 2.28. The summed E-state index contributed by atoms with van der Waals surface area (Å²) in [6, 6.07) is -0.843. The van der Waals surface area contributed by atoms with Crippen molar-refractivity contribution in [3.63, 3.8) is 0 Å². The van der Waals surface area contributed by atoms with Gasteiger partial charge in [0.1, 0.15) is 13.2 Å². The second kappa shape index (κ2) is 59.8. The van der Waals surface area contributed by atoms with Crippen molar-refractivity contribution in [2.24, 2.45) is 0 Å². The minimum atomic E-state index is -4.35. The maximum atomic E-state index is 13.0. The molecule has 0 radical (unpaired) electrons. The van der Waals surface area contributed by atoms with E-state index in [2.05, 4.69) is 19.2 Å². The number of allylic oxidation sites excluding steroid dienone is 1. The normalized spacial score (nSPS) is 13.7. The maximum absolute atomic E-state index is 13.0. The standard InChI is InChI=1S/C68H137N2O6P/c1-6-8-10-12-14-16-18-20-22-24-26-27-28-29-30-31-32-33-34-35-36-37-38-39-40-41-42-44-46-48-50-52-54-56-58-60-62-68(72)69-66(65-76-77(73,74)75-64-63-70(3,4)5)67(71)61-59-57-55-53-51-49-47-45-43-25-23-21-19-17-15-13-11-9-7-2/h59,61,66-67,71H,6-58,60,62-65H2,1-5H3,(H-,69,72,73,74)/p+1/b61-59+. The van der Waals surface area contributed by atoms with E-state index in [0.29, 0.717) is 17.4 Å². The fourth-order valence-electron chi connectivity index (χ4n) is 10.9. The Hall–Kier alpha value is -0.760. The molecule has 0 aliphatic rings. The van der Waals surface area contributed by atoms with Gasteiger partial charge in [-0.05, 0) is 19.3 Å². The van der Waals surface area contributed by atoms with Gasteiger partial charge in [-0.25, -0.2) is 4.57 Å². The Labute approximate surface area is 482 Å². The van der Waals surface area contributed by atoms with Gasteiger partial charge >= 0.3 is 7.82 Å². The summed E-state index contributed by atoms with van der Waals surface area (Å²) >= 11 is 0. The Bertz CT molecular complexity index is 1260. The number of likely N-dealkylation sites (N-methyl/N-ethyl adjacent to an activating group) is 1. The third kappa shape index (κ3) is 62.7. The average Bonchev–Trinajstić information content (AvgIpc) is 3.39. The molecule has 1 amide bonds. The summed E-state index contributed by atoms with van der Waals surface area (Å²) in [5.41, 5.74) is 0. The van der Waals surface area contributed by atoms with Crippen LogP contribution in [0.15, 0.2) is 12.2 Å². The first-order chi connectivity index (χ1) is 37.5. The van der Waals surface area contributed by atoms with Crippen LogP contribution in [0.2, 0.25) is 0 Å². The number of carbonyl (C=O) groups is 1. The zero-order valence-corrected chi connectivity index (χ0v) is 53.6. The quantitative estimate of drug-likeness (QED) is 0.0243. The van der Waals surface area contributed by atoms with Gasteiger partial charge in [-0.3, -0.25) is 13.8 Å². The van der Waals surface area contributed by atoms with Crippen LogP contribution in [0.3, 0.4) is 0 Å². The van der Waals surface area contributed by atoms with Crippen molar-refractivity contribution < 1.29 is 32.9 Å². The van der Waals surface area contributed by atoms with Crippen LogP contribution in [0.5, 0.6) is 0 Å². The monoisotopic (exact) mass is 1110 g/mol. The number of unbranched alkanes of at least 4 members (excludes halogenated alkanes) is 52. The summed E-state index contributed by atoms with van der Waals surface area (Å²) in [5.74, 6) is -0.167. The Balaban J connectivity index is 3.93. The molecular formula is C68H138N2O6P+. The number of phosphoric acid groups is 1. The average molecular weight is 1110 g/mol. The van der Waals surface area contributed by atoms with Gasteiger partial charge in [0.05, 0.1) is 39.9 Å². The van der Waals surface area contributed by atoms with Gasteiger partial charge in [0.25, 0.3) is 0 Å². The Morgan fingerprint density at radius 2 is 0.688 bits per heavy atom. The second-order valence-electron chi connectivity index (χ2n) is 25.3. The van der Waals surface area contributed by atoms with Crippen LogP contribution in [0, 0.1) is 0 Å². The number of rotatable bonds is 65. The Morgan fingerprint density at radius 3 is 0.961 bits per heavy atom. The molecule has 9 heteroatoms. The molecule has 3 unspecified atom stereocenters. The van der Waals surface area contributed by atoms with Crippen LogP contribution in [0.25, 0.3) is 0 Å². The van der Waals surface area contributed by atoms with E-state index in [1.54, 1.807) is 6.08 Å². The molecule has 0 fully saturated rings. The number of carbonyl (C=O) groups excluding carboxylic acids is 1. The van der Waals surface area contributed by atoms with Crippen LogP contribution >= 0.6 is 7.82 Å². The number of phosphoric ester groups is 1. The molecule has 0 saturated heterocycles. The number of aliphatic hydroxyl groups excluding tert-OH is 1. The van der Waals surface area contributed by atoms with Gasteiger partial charge in [0.2, 0.25) is 5.91 Å². The first kappa shape index (κ1) is 76.2. The van der Waals surface area contributed by atoms with E-state index in [4.69, 9.17) is 9.05 Å². The summed E-state index contributed by atoms with van der Waals surface area (Å²) < 4.78 is 23.8. The highest BCUT2D eigenvalue weighted by molar-refractivity contribution is 7.47. The molecule has 0 spiro atoms. The first-order valence-electron chi connectivity index (χ1n) is 34.6. The molecule has 0 rings (SSSR count). The molecule has 0 aliphatic carbocycles. The molecule has 0 bridgehead atoms. The molecule has 460 valence electrons. The molecule has 77 heavy (non-hydrogen) atoms. The summed E-state index contributed by atoms with van der Waals surface area (Å²) in [6.45, 7) is 4.88. The number of nitrogens with one attached hydrogen (secondary N) is 1. The van der Waals surface area contributed by atoms with Crippen molar-refractivity contribution >= 4 is 13.7 Å². The lowest BCUT2D eigenvalue weighted by molar-refractivity contribution is -0.870. The van der Waals surface area contributed by atoms with Crippen molar-refractivity contribution in [3.8, 4) is 0 Å². The topological polar surface area (TPSA) is 105 Å². The van der Waals surface area contributed by atoms with Crippen LogP contribution in [-0.2, 0) is 18.4 Å². The van der Waals surface area contributed by atoms with Crippen LogP contribution < -0.4 is 5.32 Å². The zero-order chi connectivity index (χ0) is 56.3. The smallest absolute Gasteiger partial charge is 0.387 e. The molecule has 0 aromatic heterocycles. The largest absolute Gasteiger partial charge is 0.472 e. The van der Waals surface area contributed by atoms with Crippen LogP contribution in [-0.4, -0.2) is 73.4 Å². The van der Waals surface area contributed by atoms with E-state index in [1.165, 1.54) is 315 Å². The third-order valence-corrected chi connectivity index (χ3v) is 17.2. The highest BCUT2D eigenvalue weighted by atomic mass is 31.2. The Kier molecular flexibility index (Phi) is 59.3. The molecule has 0 aromatic carbocycles. The van der Waals surface area contributed by atoms with Gasteiger partial charge < -0.3 is 19.8 Å². The van der Waals surface area contributed by atoms with Crippen molar-refractivity contribution in [2.45, 2.75) is 379 Å². The maximum Gasteiger partial charge on any atom is 0.472 e. The summed E-state index contributed by atoms with van der Waals surface area (Å²) in [4.78, 5) is 23.4. The molecule has 0 aliphatic heterocycles. The highest BCUT2D eigenvalue weighted by Crippen LogP contribution is 2.43. The fourth-order valence-corrected chi connectivity index (χ4v) is 11.6. The van der Waals surface area contributed by atoms with Gasteiger partial charge in [0, 0.05) is 6.42 Å². The number of quaternary nitrogens is 1. The van der Waals surface area contributed by atoms with Gasteiger partial charge in [0.15, 0.2) is 0 Å². The molecule has 3 N–H and O–H groups in total. The number of hydrogen-bond acceptors (Lipinski definition) is 5. The third-order valence-electron chi connectivity index (χ3n) is 16.3. The predicted molar refractivity (Wildman–Crippen MR) is 337 cm³/mol. The van der Waals surface area contributed by atoms with Crippen LogP contribution in [0.4, 0.5) is 0 Å². The lowest BCUT2D eigenvalue weighted by atomic mass is 10.0. The Morgan fingerprint density at radius 1 is 0.429 bits per heavy atom. The van der Waals surface area contributed by atoms with Gasteiger partial charge in [-0.1, -0.05) is 353 Å². The number of aliphatic hydroxyl groups is 1. The van der Waals surface area contributed by atoms with Gasteiger partial charge in [-0.2, -0.15) is 0 Å². The number of amides is 1. The van der Waals surface area contributed by atoms with Crippen LogP contribution in [0.1, 0.15) is 367 Å². The van der Waals surface area contributed by atoms with E-state index < -0.39 is 20.0 Å². The van der Waals surface area contributed by atoms with Crippen molar-refractivity contribution in [2.75, 3.05) is 40.9 Å². The molecule has 0 aromatic rings. The minimum absolute atomic E-state index is 0.0654. The number of hydrogen-bond donors (Lipinski definition) is 3. The lowest BCUT2D eigenvalue weighted by Crippen LogP contribution is -2.45. The summed E-state index contributed by atoms with van der Waals surface area (Å²) in [5, 5.41) is 14.0.